The number of aliphatic imine (C=N–C) groups is 1. The minimum atomic E-state index is -0.887. The SMILES string of the molecule is COc1ccc(CCC2=NC(=O)NC(c3ccc(C#N)cc3)C2C(=O)OCc2cccc(F)c2)cc1. The van der Waals surface area contributed by atoms with E-state index in [0.29, 0.717) is 35.2 Å². The van der Waals surface area contributed by atoms with Crippen LogP contribution in [0.1, 0.15) is 34.7 Å². The van der Waals surface area contributed by atoms with Crippen LogP contribution in [0.2, 0.25) is 0 Å². The largest absolute Gasteiger partial charge is 0.497 e. The first-order valence-corrected chi connectivity index (χ1v) is 11.4. The van der Waals surface area contributed by atoms with E-state index in [0.717, 1.165) is 11.3 Å². The molecule has 3 aromatic carbocycles. The summed E-state index contributed by atoms with van der Waals surface area (Å²) >= 11 is 0. The van der Waals surface area contributed by atoms with Gasteiger partial charge in [0.2, 0.25) is 0 Å². The molecule has 2 amide bonds. The molecule has 0 saturated carbocycles. The summed E-state index contributed by atoms with van der Waals surface area (Å²) in [5, 5.41) is 11.9. The summed E-state index contributed by atoms with van der Waals surface area (Å²) in [6.07, 6.45) is 0.899. The Hall–Kier alpha value is -4.51. The highest BCUT2D eigenvalue weighted by molar-refractivity contribution is 6.09. The molecule has 1 heterocycles. The molecule has 1 aliphatic rings. The van der Waals surface area contributed by atoms with Crippen molar-refractivity contribution in [1.82, 2.24) is 5.32 Å². The van der Waals surface area contributed by atoms with E-state index in [2.05, 4.69) is 16.4 Å². The number of urea groups is 1. The average molecular weight is 486 g/mol. The predicted octanol–water partition coefficient (Wildman–Crippen LogP) is 4.90. The second kappa shape index (κ2) is 11.3. The Labute approximate surface area is 208 Å². The lowest BCUT2D eigenvalue weighted by molar-refractivity contribution is -0.148. The van der Waals surface area contributed by atoms with Crippen LogP contribution in [0.15, 0.2) is 77.8 Å². The number of rotatable bonds is 8. The number of amides is 2. The highest BCUT2D eigenvalue weighted by atomic mass is 19.1. The third kappa shape index (κ3) is 5.94. The molecular formula is C28H24FN3O4. The average Bonchev–Trinajstić information content (AvgIpc) is 2.90. The van der Waals surface area contributed by atoms with Crippen molar-refractivity contribution in [1.29, 1.82) is 5.26 Å². The number of ether oxygens (including phenoxy) is 2. The van der Waals surface area contributed by atoms with Gasteiger partial charge in [0.25, 0.3) is 0 Å². The molecule has 1 aliphatic heterocycles. The fraction of sp³-hybridized carbons (Fsp3) is 0.214. The van der Waals surface area contributed by atoms with Crippen molar-refractivity contribution in [3.63, 3.8) is 0 Å². The monoisotopic (exact) mass is 485 g/mol. The number of nitrogens with zero attached hydrogens (tertiary/aromatic N) is 2. The number of nitrogens with one attached hydrogen (secondary N) is 1. The molecular weight excluding hydrogens is 461 g/mol. The van der Waals surface area contributed by atoms with E-state index in [1.165, 1.54) is 12.1 Å². The zero-order valence-corrected chi connectivity index (χ0v) is 19.6. The zero-order chi connectivity index (χ0) is 25.5. The van der Waals surface area contributed by atoms with Crippen molar-refractivity contribution < 1.29 is 23.5 Å². The Kier molecular flexibility index (Phi) is 7.71. The van der Waals surface area contributed by atoms with Crippen LogP contribution in [0.3, 0.4) is 0 Å². The second-order valence-electron chi connectivity index (χ2n) is 8.33. The summed E-state index contributed by atoms with van der Waals surface area (Å²) in [6, 6.07) is 20.7. The second-order valence-corrected chi connectivity index (χ2v) is 8.33. The van der Waals surface area contributed by atoms with E-state index >= 15 is 0 Å². The third-order valence-electron chi connectivity index (χ3n) is 5.97. The van der Waals surface area contributed by atoms with Gasteiger partial charge < -0.3 is 14.8 Å². The summed E-state index contributed by atoms with van der Waals surface area (Å²) < 4.78 is 24.3. The van der Waals surface area contributed by atoms with E-state index in [9.17, 15) is 14.0 Å². The third-order valence-corrected chi connectivity index (χ3v) is 5.97. The van der Waals surface area contributed by atoms with Crippen LogP contribution in [0.4, 0.5) is 9.18 Å². The lowest BCUT2D eigenvalue weighted by atomic mass is 9.85. The topological polar surface area (TPSA) is 101 Å². The van der Waals surface area contributed by atoms with Gasteiger partial charge in [0, 0.05) is 5.71 Å². The van der Waals surface area contributed by atoms with Crippen LogP contribution in [-0.4, -0.2) is 24.8 Å². The van der Waals surface area contributed by atoms with Crippen molar-refractivity contribution in [3.8, 4) is 11.8 Å². The molecule has 8 heteroatoms. The number of esters is 1. The summed E-state index contributed by atoms with van der Waals surface area (Å²) in [5.41, 5.74) is 3.00. The highest BCUT2D eigenvalue weighted by Gasteiger charge is 2.39. The van der Waals surface area contributed by atoms with Gasteiger partial charge in [-0.15, -0.1) is 0 Å². The highest BCUT2D eigenvalue weighted by Crippen LogP contribution is 2.30. The number of carbonyl (C=O) groups excluding carboxylic acids is 2. The lowest BCUT2D eigenvalue weighted by Crippen LogP contribution is -2.45. The number of nitriles is 1. The molecule has 0 aromatic heterocycles. The molecule has 0 radical (unpaired) electrons. The van der Waals surface area contributed by atoms with Crippen molar-refractivity contribution in [3.05, 3.63) is 101 Å². The van der Waals surface area contributed by atoms with Gasteiger partial charge in [0.1, 0.15) is 24.1 Å². The van der Waals surface area contributed by atoms with Gasteiger partial charge in [0.15, 0.2) is 0 Å². The number of carbonyl (C=O) groups is 2. The Bertz CT molecular complexity index is 1310. The summed E-state index contributed by atoms with van der Waals surface area (Å²) in [7, 11) is 1.59. The van der Waals surface area contributed by atoms with E-state index in [-0.39, 0.29) is 6.61 Å². The summed E-state index contributed by atoms with van der Waals surface area (Å²) in [6.45, 7) is -0.118. The first kappa shape index (κ1) is 24.6. The quantitative estimate of drug-likeness (QED) is 0.457. The van der Waals surface area contributed by atoms with Gasteiger partial charge >= 0.3 is 12.0 Å². The van der Waals surface area contributed by atoms with Crippen LogP contribution in [0.5, 0.6) is 5.75 Å². The number of halogens is 1. The smallest absolute Gasteiger partial charge is 0.341 e. The summed E-state index contributed by atoms with van der Waals surface area (Å²) in [5.74, 6) is -1.16. The fourth-order valence-corrected chi connectivity index (χ4v) is 4.10. The van der Waals surface area contributed by atoms with E-state index in [1.54, 1.807) is 43.5 Å². The van der Waals surface area contributed by atoms with Crippen LogP contribution in [0.25, 0.3) is 0 Å². The van der Waals surface area contributed by atoms with Crippen molar-refractivity contribution in [2.75, 3.05) is 7.11 Å². The standard InChI is InChI=1S/C28H24FN3O4/c1-35-23-12-7-18(8-13-23)9-14-24-25(27(33)36-17-20-3-2-4-22(29)15-20)26(32-28(34)31-24)21-10-5-19(16-30)6-11-21/h2-8,10-13,15,25-26H,9,14,17H2,1H3,(H,32,34). The molecule has 2 atom stereocenters. The molecule has 0 saturated heterocycles. The number of hydrogen-bond acceptors (Lipinski definition) is 5. The van der Waals surface area contributed by atoms with Crippen LogP contribution in [0, 0.1) is 23.1 Å². The van der Waals surface area contributed by atoms with E-state index < -0.39 is 29.8 Å². The van der Waals surface area contributed by atoms with Gasteiger partial charge in [0.05, 0.1) is 24.8 Å². The van der Waals surface area contributed by atoms with E-state index in [1.807, 2.05) is 24.3 Å². The number of benzene rings is 3. The predicted molar refractivity (Wildman–Crippen MR) is 131 cm³/mol. The molecule has 0 spiro atoms. The maximum Gasteiger partial charge on any atom is 0.341 e. The molecule has 7 nitrogen and oxygen atoms in total. The maximum atomic E-state index is 13.6. The Morgan fingerprint density at radius 1 is 1.06 bits per heavy atom. The Morgan fingerprint density at radius 3 is 2.47 bits per heavy atom. The molecule has 0 fully saturated rings. The number of hydrogen-bond donors (Lipinski definition) is 1. The molecule has 0 aliphatic carbocycles. The molecule has 182 valence electrons. The number of methoxy groups -OCH3 is 1. The molecule has 3 aromatic rings. The Morgan fingerprint density at radius 2 is 1.81 bits per heavy atom. The molecule has 2 unspecified atom stereocenters. The zero-order valence-electron chi connectivity index (χ0n) is 19.6. The molecule has 4 rings (SSSR count). The minimum Gasteiger partial charge on any atom is -0.497 e. The first-order chi connectivity index (χ1) is 17.5. The number of aryl methyl sites for hydroxylation is 1. The van der Waals surface area contributed by atoms with Crippen molar-refractivity contribution in [2.45, 2.75) is 25.5 Å². The van der Waals surface area contributed by atoms with Crippen LogP contribution in [-0.2, 0) is 22.6 Å². The normalized spacial score (nSPS) is 16.9. The van der Waals surface area contributed by atoms with Crippen LogP contribution < -0.4 is 10.1 Å². The van der Waals surface area contributed by atoms with Gasteiger partial charge in [-0.2, -0.15) is 5.26 Å². The van der Waals surface area contributed by atoms with Gasteiger partial charge in [-0.3, -0.25) is 4.79 Å². The van der Waals surface area contributed by atoms with Crippen molar-refractivity contribution in [2.24, 2.45) is 10.9 Å². The van der Waals surface area contributed by atoms with Gasteiger partial charge in [-0.1, -0.05) is 36.4 Å². The molecule has 1 N–H and O–H groups in total. The Balaban J connectivity index is 1.59. The van der Waals surface area contributed by atoms with Gasteiger partial charge in [-0.05, 0) is 65.9 Å². The lowest BCUT2D eigenvalue weighted by Gasteiger charge is -2.31. The molecule has 36 heavy (non-hydrogen) atoms. The maximum absolute atomic E-state index is 13.6. The van der Waals surface area contributed by atoms with E-state index in [4.69, 9.17) is 14.7 Å². The van der Waals surface area contributed by atoms with Crippen molar-refractivity contribution >= 4 is 17.7 Å². The van der Waals surface area contributed by atoms with Crippen LogP contribution >= 0.6 is 0 Å². The summed E-state index contributed by atoms with van der Waals surface area (Å²) in [4.78, 5) is 30.0. The molecule has 0 bridgehead atoms. The van der Waals surface area contributed by atoms with Gasteiger partial charge in [-0.25, -0.2) is 14.2 Å². The minimum absolute atomic E-state index is 0.118. The fourth-order valence-electron chi connectivity index (χ4n) is 4.10. The first-order valence-electron chi connectivity index (χ1n) is 11.4.